The van der Waals surface area contributed by atoms with Crippen molar-refractivity contribution in [2.24, 2.45) is 0 Å². The maximum absolute atomic E-state index is 5.98. The van der Waals surface area contributed by atoms with Crippen LogP contribution in [0.5, 0.6) is 0 Å². The summed E-state index contributed by atoms with van der Waals surface area (Å²) in [5.41, 5.74) is 5.46. The lowest BCUT2D eigenvalue weighted by molar-refractivity contribution is 0.0641. The molecule has 2 aliphatic carbocycles. The fourth-order valence-corrected chi connectivity index (χ4v) is 4.21. The maximum Gasteiger partial charge on any atom is 0.109 e. The highest BCUT2D eigenvalue weighted by molar-refractivity contribution is 5.32. The molecule has 2 atom stereocenters. The monoisotopic (exact) mass is 370 g/mol. The quantitative estimate of drug-likeness (QED) is 0.690. The Balaban J connectivity index is 1.22. The summed E-state index contributed by atoms with van der Waals surface area (Å²) in [6.45, 7) is 0.842. The topological polar surface area (TPSA) is 18.5 Å². The summed E-state index contributed by atoms with van der Waals surface area (Å²) in [6.07, 6.45) is 7.14. The molecule has 0 bridgehead atoms. The predicted molar refractivity (Wildman–Crippen MR) is 112 cm³/mol. The van der Waals surface area contributed by atoms with Crippen LogP contribution in [-0.2, 0) is 22.3 Å². The zero-order chi connectivity index (χ0) is 19.0. The summed E-state index contributed by atoms with van der Waals surface area (Å²) < 4.78 is 12.0. The van der Waals surface area contributed by atoms with Gasteiger partial charge in [0.1, 0.15) is 13.2 Å². The van der Waals surface area contributed by atoms with E-state index in [1.165, 1.54) is 35.1 Å². The Bertz CT molecular complexity index is 845. The Morgan fingerprint density at radius 3 is 1.64 bits per heavy atom. The van der Waals surface area contributed by atoms with Gasteiger partial charge in [0.15, 0.2) is 0 Å². The highest BCUT2D eigenvalue weighted by Gasteiger charge is 2.20. The summed E-state index contributed by atoms with van der Waals surface area (Å²) >= 11 is 0. The van der Waals surface area contributed by atoms with Crippen molar-refractivity contribution < 1.29 is 9.47 Å². The molecule has 2 aromatic carbocycles. The van der Waals surface area contributed by atoms with Crippen molar-refractivity contribution in [3.8, 4) is 23.7 Å². The van der Waals surface area contributed by atoms with Gasteiger partial charge in [-0.1, -0.05) is 60.4 Å². The Morgan fingerprint density at radius 2 is 1.14 bits per heavy atom. The van der Waals surface area contributed by atoms with E-state index < -0.39 is 0 Å². The zero-order valence-electron chi connectivity index (χ0n) is 16.2. The fraction of sp³-hybridized carbons (Fsp3) is 0.385. The van der Waals surface area contributed by atoms with Gasteiger partial charge >= 0.3 is 0 Å². The van der Waals surface area contributed by atoms with Crippen molar-refractivity contribution in [3.05, 3.63) is 70.8 Å². The maximum atomic E-state index is 5.98. The third-order valence-corrected chi connectivity index (χ3v) is 5.58. The van der Waals surface area contributed by atoms with Crippen molar-refractivity contribution in [2.75, 3.05) is 13.2 Å². The van der Waals surface area contributed by atoms with Crippen LogP contribution in [0.15, 0.2) is 48.5 Å². The molecule has 0 aromatic heterocycles. The lowest BCUT2D eigenvalue weighted by Gasteiger charge is -2.24. The Kier molecular flexibility index (Phi) is 6.46. The standard InChI is InChI=1S/C26H26O2/c1(7-19-27-25-17-9-13-21-11-3-5-15-23(21)25)2-8-20-28-26-18-10-14-22-12-4-6-16-24(22)26/h3-6,11-12,15-16,25-26H,9-10,13-14,17-20H2. The van der Waals surface area contributed by atoms with Crippen LogP contribution >= 0.6 is 0 Å². The van der Waals surface area contributed by atoms with Gasteiger partial charge in [0.05, 0.1) is 12.2 Å². The second-order valence-electron chi connectivity index (χ2n) is 7.38. The number of hydrogen-bond acceptors (Lipinski definition) is 2. The molecule has 0 radical (unpaired) electrons. The molecule has 2 unspecified atom stereocenters. The first-order chi connectivity index (χ1) is 13.9. The van der Waals surface area contributed by atoms with E-state index in [9.17, 15) is 0 Å². The first kappa shape index (κ1) is 18.8. The van der Waals surface area contributed by atoms with Crippen LogP contribution in [-0.4, -0.2) is 13.2 Å². The first-order valence-corrected chi connectivity index (χ1v) is 10.3. The molecule has 0 aliphatic heterocycles. The average Bonchev–Trinajstić information content (AvgIpc) is 2.76. The second-order valence-corrected chi connectivity index (χ2v) is 7.38. The molecule has 0 N–H and O–H groups in total. The van der Waals surface area contributed by atoms with Crippen LogP contribution in [0.1, 0.15) is 60.1 Å². The van der Waals surface area contributed by atoms with Gasteiger partial charge in [0.2, 0.25) is 0 Å². The van der Waals surface area contributed by atoms with Gasteiger partial charge in [-0.25, -0.2) is 0 Å². The van der Waals surface area contributed by atoms with Crippen LogP contribution in [0, 0.1) is 23.7 Å². The first-order valence-electron chi connectivity index (χ1n) is 10.3. The van der Waals surface area contributed by atoms with Crippen molar-refractivity contribution in [1.82, 2.24) is 0 Å². The molecule has 4 rings (SSSR count). The van der Waals surface area contributed by atoms with Gasteiger partial charge in [0.25, 0.3) is 0 Å². The van der Waals surface area contributed by atoms with Gasteiger partial charge in [0, 0.05) is 0 Å². The molecule has 2 nitrogen and oxygen atoms in total. The fourth-order valence-electron chi connectivity index (χ4n) is 4.21. The number of aryl methyl sites for hydroxylation is 2. The lowest BCUT2D eigenvalue weighted by Crippen LogP contribution is -2.13. The van der Waals surface area contributed by atoms with Crippen molar-refractivity contribution in [3.63, 3.8) is 0 Å². The molecule has 0 fully saturated rings. The Labute approximate surface area is 168 Å². The molecular weight excluding hydrogens is 344 g/mol. The molecule has 28 heavy (non-hydrogen) atoms. The molecule has 0 saturated carbocycles. The molecule has 2 heteroatoms. The molecule has 0 amide bonds. The van der Waals surface area contributed by atoms with Crippen LogP contribution in [0.4, 0.5) is 0 Å². The van der Waals surface area contributed by atoms with E-state index in [1.807, 2.05) is 0 Å². The van der Waals surface area contributed by atoms with Gasteiger partial charge in [-0.3, -0.25) is 0 Å². The Morgan fingerprint density at radius 1 is 0.679 bits per heavy atom. The number of benzene rings is 2. The summed E-state index contributed by atoms with van der Waals surface area (Å²) in [5, 5.41) is 0. The van der Waals surface area contributed by atoms with E-state index in [4.69, 9.17) is 9.47 Å². The zero-order valence-corrected chi connectivity index (χ0v) is 16.2. The largest absolute Gasteiger partial charge is 0.361 e. The SMILES string of the molecule is C(C#CCOC1CCCc2ccccc21)#CCOC1CCCc2ccccc21. The number of hydrogen-bond donors (Lipinski definition) is 0. The van der Waals surface area contributed by atoms with E-state index in [1.54, 1.807) is 0 Å². The highest BCUT2D eigenvalue weighted by Crippen LogP contribution is 2.32. The molecule has 2 aromatic rings. The summed E-state index contributed by atoms with van der Waals surface area (Å²) in [5.74, 6) is 11.8. The number of rotatable bonds is 4. The van der Waals surface area contributed by atoms with E-state index in [2.05, 4.69) is 72.2 Å². The van der Waals surface area contributed by atoms with Gasteiger partial charge in [-0.15, -0.1) is 0 Å². The van der Waals surface area contributed by atoms with Gasteiger partial charge in [-0.2, -0.15) is 0 Å². The molecular formula is C26H26O2. The van der Waals surface area contributed by atoms with Crippen LogP contribution in [0.25, 0.3) is 0 Å². The third kappa shape index (κ3) is 4.66. The summed E-state index contributed by atoms with van der Waals surface area (Å²) in [4.78, 5) is 0. The van der Waals surface area contributed by atoms with Crippen molar-refractivity contribution in [2.45, 2.75) is 50.7 Å². The summed E-state index contributed by atoms with van der Waals surface area (Å²) in [6, 6.07) is 17.1. The molecule has 0 spiro atoms. The normalized spacial score (nSPS) is 20.0. The molecule has 2 aliphatic rings. The minimum Gasteiger partial charge on any atom is -0.361 e. The smallest absolute Gasteiger partial charge is 0.109 e. The predicted octanol–water partition coefficient (Wildman–Crippen LogP) is 5.18. The number of fused-ring (bicyclic) bond motifs is 2. The summed E-state index contributed by atoms with van der Waals surface area (Å²) in [7, 11) is 0. The Hall–Kier alpha value is -2.52. The van der Waals surface area contributed by atoms with E-state index >= 15 is 0 Å². The minimum atomic E-state index is 0.168. The van der Waals surface area contributed by atoms with Crippen LogP contribution in [0.3, 0.4) is 0 Å². The van der Waals surface area contributed by atoms with Crippen LogP contribution in [0.2, 0.25) is 0 Å². The molecule has 0 heterocycles. The second kappa shape index (κ2) is 9.61. The van der Waals surface area contributed by atoms with E-state index in [-0.39, 0.29) is 12.2 Å². The van der Waals surface area contributed by atoms with Gasteiger partial charge in [-0.05, 0) is 72.6 Å². The van der Waals surface area contributed by atoms with Crippen molar-refractivity contribution in [1.29, 1.82) is 0 Å². The van der Waals surface area contributed by atoms with Gasteiger partial charge < -0.3 is 9.47 Å². The molecule has 0 saturated heterocycles. The lowest BCUT2D eigenvalue weighted by atomic mass is 9.89. The van der Waals surface area contributed by atoms with Crippen molar-refractivity contribution >= 4 is 0 Å². The third-order valence-electron chi connectivity index (χ3n) is 5.58. The minimum absolute atomic E-state index is 0.168. The highest BCUT2D eigenvalue weighted by atomic mass is 16.5. The average molecular weight is 370 g/mol. The van der Waals surface area contributed by atoms with E-state index in [0.29, 0.717) is 13.2 Å². The molecule has 142 valence electrons. The van der Waals surface area contributed by atoms with Crippen LogP contribution < -0.4 is 0 Å². The van der Waals surface area contributed by atoms with E-state index in [0.717, 1.165) is 25.7 Å². The number of ether oxygens (including phenoxy) is 2.